The lowest BCUT2D eigenvalue weighted by Crippen LogP contribution is -2.48. The lowest BCUT2D eigenvalue weighted by atomic mass is 9.88. The minimum absolute atomic E-state index is 0.0237. The van der Waals surface area contributed by atoms with Crippen molar-refractivity contribution in [1.29, 1.82) is 0 Å². The summed E-state index contributed by atoms with van der Waals surface area (Å²) in [6, 6.07) is 2.43. The normalized spacial score (nSPS) is 19.4. The quantitative estimate of drug-likeness (QED) is 0.821. The van der Waals surface area contributed by atoms with Crippen molar-refractivity contribution in [3.05, 3.63) is 30.5 Å². The molecule has 2 fully saturated rings. The minimum Gasteiger partial charge on any atom is -0.355 e. The number of aromatic nitrogens is 3. The molecule has 6 nitrogen and oxygen atoms in total. The summed E-state index contributed by atoms with van der Waals surface area (Å²) in [5.41, 5.74) is 1.14. The van der Waals surface area contributed by atoms with Crippen LogP contribution in [0, 0.1) is 0 Å². The predicted molar refractivity (Wildman–Crippen MR) is 97.4 cm³/mol. The van der Waals surface area contributed by atoms with Gasteiger partial charge >= 0.3 is 0 Å². The van der Waals surface area contributed by atoms with E-state index in [4.69, 9.17) is 4.52 Å². The van der Waals surface area contributed by atoms with E-state index in [1.54, 1.807) is 18.5 Å². The molecule has 0 aromatic carbocycles. The van der Waals surface area contributed by atoms with Gasteiger partial charge < -0.3 is 9.42 Å². The first-order chi connectivity index (χ1) is 12.8. The second-order valence-electron chi connectivity index (χ2n) is 7.50. The molecule has 26 heavy (non-hydrogen) atoms. The Bertz CT molecular complexity index is 700. The number of hydrogen-bond acceptors (Lipinski definition) is 5. The second kappa shape index (κ2) is 7.98. The van der Waals surface area contributed by atoms with Crippen LogP contribution >= 0.6 is 0 Å². The highest BCUT2D eigenvalue weighted by Gasteiger charge is 2.34. The molecule has 0 N–H and O–H groups in total. The van der Waals surface area contributed by atoms with Crippen molar-refractivity contribution in [2.45, 2.75) is 76.3 Å². The fourth-order valence-electron chi connectivity index (χ4n) is 4.42. The van der Waals surface area contributed by atoms with Crippen LogP contribution < -0.4 is 0 Å². The molecule has 0 aliphatic heterocycles. The SMILES string of the molecule is O=C(c1cc(-c2cncnc2)on1)N(C1CCCCC1)C1CCCCC1. The smallest absolute Gasteiger partial charge is 0.276 e. The first kappa shape index (κ1) is 17.2. The van der Waals surface area contributed by atoms with Gasteiger partial charge in [0.1, 0.15) is 6.33 Å². The summed E-state index contributed by atoms with van der Waals surface area (Å²) in [7, 11) is 0. The second-order valence-corrected chi connectivity index (χ2v) is 7.50. The highest BCUT2D eigenvalue weighted by atomic mass is 16.5. The van der Waals surface area contributed by atoms with Gasteiger partial charge in [0.25, 0.3) is 5.91 Å². The van der Waals surface area contributed by atoms with Crippen LogP contribution in [0.2, 0.25) is 0 Å². The minimum atomic E-state index is 0.0237. The van der Waals surface area contributed by atoms with Gasteiger partial charge in [-0.25, -0.2) is 9.97 Å². The Hall–Kier alpha value is -2.24. The van der Waals surface area contributed by atoms with Crippen molar-refractivity contribution in [3.63, 3.8) is 0 Å². The molecule has 1 amide bonds. The number of hydrogen-bond donors (Lipinski definition) is 0. The molecule has 0 spiro atoms. The fourth-order valence-corrected chi connectivity index (χ4v) is 4.42. The summed E-state index contributed by atoms with van der Waals surface area (Å²) in [4.78, 5) is 23.5. The van der Waals surface area contributed by atoms with Crippen LogP contribution in [0.4, 0.5) is 0 Å². The van der Waals surface area contributed by atoms with Crippen LogP contribution in [0.25, 0.3) is 11.3 Å². The maximum atomic E-state index is 13.4. The maximum absolute atomic E-state index is 13.4. The standard InChI is InChI=1S/C20H26N4O2/c25-20(18-11-19(26-23-18)15-12-21-14-22-13-15)24(16-7-3-1-4-8-16)17-9-5-2-6-10-17/h11-14,16-17H,1-10H2. The average Bonchev–Trinajstić information content (AvgIpc) is 3.21. The van der Waals surface area contributed by atoms with E-state index in [0.717, 1.165) is 31.2 Å². The van der Waals surface area contributed by atoms with Crippen molar-refractivity contribution < 1.29 is 9.32 Å². The van der Waals surface area contributed by atoms with Gasteiger partial charge in [0.15, 0.2) is 11.5 Å². The van der Waals surface area contributed by atoms with Crippen molar-refractivity contribution in [2.75, 3.05) is 0 Å². The summed E-state index contributed by atoms with van der Waals surface area (Å²) in [5.74, 6) is 0.567. The van der Waals surface area contributed by atoms with Gasteiger partial charge in [-0.2, -0.15) is 0 Å². The number of carbonyl (C=O) groups excluding carboxylic acids is 1. The van der Waals surface area contributed by atoms with Crippen molar-refractivity contribution in [2.24, 2.45) is 0 Å². The van der Waals surface area contributed by atoms with E-state index in [2.05, 4.69) is 20.0 Å². The molecule has 0 bridgehead atoms. The Kier molecular flexibility index (Phi) is 5.27. The molecule has 0 saturated heterocycles. The zero-order valence-electron chi connectivity index (χ0n) is 15.1. The maximum Gasteiger partial charge on any atom is 0.276 e. The number of amides is 1. The highest BCUT2D eigenvalue weighted by Crippen LogP contribution is 2.32. The molecule has 2 aromatic heterocycles. The van der Waals surface area contributed by atoms with E-state index >= 15 is 0 Å². The number of carbonyl (C=O) groups is 1. The summed E-state index contributed by atoms with van der Waals surface area (Å²) >= 11 is 0. The molecular weight excluding hydrogens is 328 g/mol. The Morgan fingerprint density at radius 2 is 1.50 bits per heavy atom. The number of nitrogens with zero attached hydrogens (tertiary/aromatic N) is 4. The molecule has 0 atom stereocenters. The average molecular weight is 354 g/mol. The molecule has 2 heterocycles. The van der Waals surface area contributed by atoms with Gasteiger partial charge in [0, 0.05) is 30.5 Å². The molecule has 0 radical (unpaired) electrons. The van der Waals surface area contributed by atoms with Gasteiger partial charge in [-0.15, -0.1) is 0 Å². The van der Waals surface area contributed by atoms with Gasteiger partial charge in [-0.1, -0.05) is 43.7 Å². The van der Waals surface area contributed by atoms with Crippen LogP contribution in [0.5, 0.6) is 0 Å². The Morgan fingerprint density at radius 1 is 0.923 bits per heavy atom. The summed E-state index contributed by atoms with van der Waals surface area (Å²) < 4.78 is 5.42. The van der Waals surface area contributed by atoms with Crippen LogP contribution in [0.3, 0.4) is 0 Å². The lowest BCUT2D eigenvalue weighted by molar-refractivity contribution is 0.0438. The monoisotopic (exact) mass is 354 g/mol. The van der Waals surface area contributed by atoms with E-state index < -0.39 is 0 Å². The zero-order valence-corrected chi connectivity index (χ0v) is 15.1. The van der Waals surface area contributed by atoms with Gasteiger partial charge in [0.05, 0.1) is 5.56 Å². The Balaban J connectivity index is 1.58. The fraction of sp³-hybridized carbons (Fsp3) is 0.600. The molecule has 6 heteroatoms. The largest absolute Gasteiger partial charge is 0.355 e. The van der Waals surface area contributed by atoms with Gasteiger partial charge in [-0.3, -0.25) is 4.79 Å². The van der Waals surface area contributed by atoms with E-state index in [0.29, 0.717) is 23.5 Å². The van der Waals surface area contributed by atoms with Crippen LogP contribution in [-0.2, 0) is 0 Å². The molecule has 4 rings (SSSR count). The van der Waals surface area contributed by atoms with E-state index in [1.165, 1.54) is 44.9 Å². The molecule has 2 aliphatic rings. The first-order valence-corrected chi connectivity index (χ1v) is 9.87. The Labute approximate surface area is 154 Å². The number of rotatable bonds is 4. The van der Waals surface area contributed by atoms with Crippen molar-refractivity contribution in [3.8, 4) is 11.3 Å². The van der Waals surface area contributed by atoms with Gasteiger partial charge in [0.2, 0.25) is 0 Å². The van der Waals surface area contributed by atoms with Crippen molar-refractivity contribution >= 4 is 5.91 Å². The predicted octanol–water partition coefficient (Wildman–Crippen LogP) is 4.24. The van der Waals surface area contributed by atoms with E-state index in [-0.39, 0.29) is 5.91 Å². The Morgan fingerprint density at radius 3 is 2.08 bits per heavy atom. The van der Waals surface area contributed by atoms with Crippen LogP contribution in [-0.4, -0.2) is 38.0 Å². The highest BCUT2D eigenvalue weighted by molar-refractivity contribution is 5.93. The van der Waals surface area contributed by atoms with Crippen molar-refractivity contribution in [1.82, 2.24) is 20.0 Å². The van der Waals surface area contributed by atoms with Gasteiger partial charge in [-0.05, 0) is 25.7 Å². The third-order valence-electron chi connectivity index (χ3n) is 5.75. The summed E-state index contributed by atoms with van der Waals surface area (Å²) in [6.07, 6.45) is 16.7. The molecule has 2 saturated carbocycles. The van der Waals surface area contributed by atoms with E-state index in [1.807, 2.05) is 0 Å². The first-order valence-electron chi connectivity index (χ1n) is 9.87. The topological polar surface area (TPSA) is 72.1 Å². The van der Waals surface area contributed by atoms with Crippen LogP contribution in [0.15, 0.2) is 29.3 Å². The lowest BCUT2D eigenvalue weighted by Gasteiger charge is -2.41. The van der Waals surface area contributed by atoms with E-state index in [9.17, 15) is 4.79 Å². The molecule has 138 valence electrons. The molecule has 2 aliphatic carbocycles. The van der Waals surface area contributed by atoms with Crippen LogP contribution in [0.1, 0.15) is 74.7 Å². The molecule has 0 unspecified atom stereocenters. The zero-order chi connectivity index (χ0) is 17.8. The third-order valence-corrected chi connectivity index (χ3v) is 5.75. The summed E-state index contributed by atoms with van der Waals surface area (Å²) in [5, 5.41) is 4.08. The molecular formula is C20H26N4O2. The third kappa shape index (κ3) is 3.64. The molecule has 2 aromatic rings. The summed E-state index contributed by atoms with van der Waals surface area (Å²) in [6.45, 7) is 0.